The maximum atomic E-state index is 12.7. The third-order valence-electron chi connectivity index (χ3n) is 4.29. The summed E-state index contributed by atoms with van der Waals surface area (Å²) in [5.74, 6) is 0.219. The van der Waals surface area contributed by atoms with Crippen molar-refractivity contribution >= 4 is 27.3 Å². The van der Waals surface area contributed by atoms with E-state index in [0.29, 0.717) is 10.6 Å². The molecule has 6 nitrogen and oxygen atoms in total. The number of aryl methyl sites for hydroxylation is 1. The zero-order chi connectivity index (χ0) is 18.2. The molecular weight excluding hydrogens is 364 g/mol. The van der Waals surface area contributed by atoms with E-state index in [1.807, 2.05) is 0 Å². The molecule has 0 amide bonds. The van der Waals surface area contributed by atoms with Crippen molar-refractivity contribution in [2.45, 2.75) is 30.7 Å². The highest BCUT2D eigenvalue weighted by atomic mass is 35.5. The number of nitrogens with zero attached hydrogens (tertiary/aromatic N) is 1. The van der Waals surface area contributed by atoms with Crippen LogP contribution in [0, 0.1) is 23.0 Å². The Balaban J connectivity index is 1.92. The number of benzene rings is 2. The molecule has 0 aliphatic heterocycles. The Kier molecular flexibility index (Phi) is 4.81. The number of rotatable bonds is 6. The minimum absolute atomic E-state index is 0.107. The fraction of sp³-hybridized carbons (Fsp3) is 0.294. The number of halogens is 1. The Morgan fingerprint density at radius 3 is 2.40 bits per heavy atom. The summed E-state index contributed by atoms with van der Waals surface area (Å²) >= 11 is 5.90. The average molecular weight is 381 g/mol. The summed E-state index contributed by atoms with van der Waals surface area (Å²) in [7, 11) is -3.88. The Bertz CT molecular complexity index is 909. The van der Waals surface area contributed by atoms with Crippen LogP contribution >= 0.6 is 11.6 Å². The Labute approximate surface area is 151 Å². The van der Waals surface area contributed by atoms with Gasteiger partial charge in [0.1, 0.15) is 0 Å². The molecule has 3 rings (SSSR count). The van der Waals surface area contributed by atoms with Gasteiger partial charge in [0.05, 0.1) is 9.82 Å². The second-order valence-electron chi connectivity index (χ2n) is 6.19. The smallest absolute Gasteiger partial charge is 0.258 e. The van der Waals surface area contributed by atoms with Gasteiger partial charge in [0.2, 0.25) is 10.0 Å². The van der Waals surface area contributed by atoms with Crippen molar-refractivity contribution < 1.29 is 13.3 Å². The molecule has 25 heavy (non-hydrogen) atoms. The molecule has 0 unspecified atom stereocenters. The number of hydrogen-bond acceptors (Lipinski definition) is 4. The van der Waals surface area contributed by atoms with Crippen LogP contribution in [0.4, 0.5) is 5.69 Å². The molecule has 1 atom stereocenters. The highest BCUT2D eigenvalue weighted by Gasteiger charge is 2.35. The first-order valence-corrected chi connectivity index (χ1v) is 9.67. The molecule has 0 aromatic heterocycles. The topological polar surface area (TPSA) is 89.3 Å². The Morgan fingerprint density at radius 1 is 1.20 bits per heavy atom. The quantitative estimate of drug-likeness (QED) is 0.606. The van der Waals surface area contributed by atoms with Crippen molar-refractivity contribution in [3.63, 3.8) is 0 Å². The van der Waals surface area contributed by atoms with E-state index in [0.717, 1.165) is 24.5 Å². The van der Waals surface area contributed by atoms with Crippen LogP contribution in [0.25, 0.3) is 0 Å². The third kappa shape index (κ3) is 4.00. The first-order chi connectivity index (χ1) is 11.8. The van der Waals surface area contributed by atoms with E-state index in [1.165, 1.54) is 12.1 Å². The van der Waals surface area contributed by atoms with Crippen LogP contribution in [0.5, 0.6) is 0 Å². The van der Waals surface area contributed by atoms with Crippen LogP contribution in [0.2, 0.25) is 5.02 Å². The molecule has 0 saturated heterocycles. The number of sulfonamides is 1. The van der Waals surface area contributed by atoms with Crippen molar-refractivity contribution in [2.75, 3.05) is 0 Å². The predicted octanol–water partition coefficient (Wildman–Crippen LogP) is 3.99. The zero-order valence-electron chi connectivity index (χ0n) is 13.5. The van der Waals surface area contributed by atoms with Crippen LogP contribution < -0.4 is 4.72 Å². The highest BCUT2D eigenvalue weighted by molar-refractivity contribution is 7.89. The van der Waals surface area contributed by atoms with Gasteiger partial charge < -0.3 is 0 Å². The van der Waals surface area contributed by atoms with Crippen LogP contribution in [0.15, 0.2) is 47.4 Å². The average Bonchev–Trinajstić information content (AvgIpc) is 3.38. The molecular formula is C17H17ClN2O4S. The second kappa shape index (κ2) is 6.74. The molecule has 8 heteroatoms. The molecule has 0 bridgehead atoms. The van der Waals surface area contributed by atoms with E-state index in [2.05, 4.69) is 4.72 Å². The lowest BCUT2D eigenvalue weighted by atomic mass is 10.0. The van der Waals surface area contributed by atoms with Gasteiger partial charge in [-0.1, -0.05) is 29.8 Å². The highest BCUT2D eigenvalue weighted by Crippen LogP contribution is 2.42. The monoisotopic (exact) mass is 380 g/mol. The summed E-state index contributed by atoms with van der Waals surface area (Å²) in [4.78, 5) is 10.4. The van der Waals surface area contributed by atoms with Crippen molar-refractivity contribution in [3.8, 4) is 0 Å². The second-order valence-corrected chi connectivity index (χ2v) is 8.34. The normalized spacial score (nSPS) is 15.8. The molecule has 2 aromatic carbocycles. The fourth-order valence-corrected chi connectivity index (χ4v) is 4.16. The lowest BCUT2D eigenvalue weighted by Gasteiger charge is -2.19. The van der Waals surface area contributed by atoms with Gasteiger partial charge in [0.25, 0.3) is 5.69 Å². The first kappa shape index (κ1) is 17.8. The van der Waals surface area contributed by atoms with Gasteiger partial charge in [-0.25, -0.2) is 13.1 Å². The number of hydrogen-bond donors (Lipinski definition) is 1. The molecule has 1 aliphatic carbocycles. The van der Waals surface area contributed by atoms with E-state index in [-0.39, 0.29) is 22.5 Å². The van der Waals surface area contributed by atoms with Gasteiger partial charge >= 0.3 is 0 Å². The summed E-state index contributed by atoms with van der Waals surface area (Å²) in [6, 6.07) is 10.6. The summed E-state index contributed by atoms with van der Waals surface area (Å²) in [6.45, 7) is 1.57. The Morgan fingerprint density at radius 2 is 1.84 bits per heavy atom. The summed E-state index contributed by atoms with van der Waals surface area (Å²) in [5, 5.41) is 11.7. The van der Waals surface area contributed by atoms with Gasteiger partial charge in [-0.05, 0) is 49.4 Å². The molecule has 1 fully saturated rings. The van der Waals surface area contributed by atoms with Crippen molar-refractivity contribution in [2.24, 2.45) is 5.92 Å². The van der Waals surface area contributed by atoms with Crippen LogP contribution in [0.1, 0.15) is 30.0 Å². The molecule has 0 radical (unpaired) electrons. The van der Waals surface area contributed by atoms with Crippen molar-refractivity contribution in [3.05, 3.63) is 68.7 Å². The number of nitrogens with one attached hydrogen (secondary N) is 1. The Hall–Kier alpha value is -1.96. The van der Waals surface area contributed by atoms with E-state index in [9.17, 15) is 18.5 Å². The zero-order valence-corrected chi connectivity index (χ0v) is 15.0. The largest absolute Gasteiger partial charge is 0.273 e. The van der Waals surface area contributed by atoms with Crippen molar-refractivity contribution in [1.29, 1.82) is 0 Å². The summed E-state index contributed by atoms with van der Waals surface area (Å²) in [5.41, 5.74) is 1.04. The van der Waals surface area contributed by atoms with Gasteiger partial charge in [-0.3, -0.25) is 10.1 Å². The van der Waals surface area contributed by atoms with Gasteiger partial charge in [0, 0.05) is 22.7 Å². The van der Waals surface area contributed by atoms with E-state index >= 15 is 0 Å². The maximum absolute atomic E-state index is 12.7. The minimum atomic E-state index is -3.88. The van der Waals surface area contributed by atoms with Crippen LogP contribution in [-0.2, 0) is 10.0 Å². The molecule has 0 spiro atoms. The van der Waals surface area contributed by atoms with E-state index in [4.69, 9.17) is 11.6 Å². The van der Waals surface area contributed by atoms with Gasteiger partial charge in [-0.15, -0.1) is 0 Å². The maximum Gasteiger partial charge on any atom is 0.273 e. The SMILES string of the molecule is Cc1ccc(S(=O)(=O)N[C@@H](c2ccc(Cl)cc2)C2CC2)cc1[N+](=O)[O-]. The summed E-state index contributed by atoms with van der Waals surface area (Å²) in [6.07, 6.45) is 1.87. The number of nitro groups is 1. The predicted molar refractivity (Wildman–Crippen MR) is 95.1 cm³/mol. The molecule has 1 N–H and O–H groups in total. The first-order valence-electron chi connectivity index (χ1n) is 7.81. The van der Waals surface area contributed by atoms with E-state index in [1.54, 1.807) is 31.2 Å². The molecule has 2 aromatic rings. The fourth-order valence-electron chi connectivity index (χ4n) is 2.72. The lowest BCUT2D eigenvalue weighted by Crippen LogP contribution is -2.30. The number of nitro benzene ring substituents is 1. The van der Waals surface area contributed by atoms with Gasteiger partial charge in [-0.2, -0.15) is 0 Å². The van der Waals surface area contributed by atoms with Crippen LogP contribution in [-0.4, -0.2) is 13.3 Å². The molecule has 1 saturated carbocycles. The van der Waals surface area contributed by atoms with Crippen LogP contribution in [0.3, 0.4) is 0 Å². The lowest BCUT2D eigenvalue weighted by molar-refractivity contribution is -0.385. The molecule has 1 aliphatic rings. The third-order valence-corrected chi connectivity index (χ3v) is 5.98. The molecule has 0 heterocycles. The standard InChI is InChI=1S/C17H17ClN2O4S/c1-11-2-9-15(10-16(11)20(21)22)25(23,24)19-17(12-3-4-12)13-5-7-14(18)8-6-13/h2,5-10,12,17,19H,3-4H2,1H3/t17-/m1/s1. The van der Waals surface area contributed by atoms with E-state index < -0.39 is 14.9 Å². The summed E-state index contributed by atoms with van der Waals surface area (Å²) < 4.78 is 28.2. The van der Waals surface area contributed by atoms with Crippen molar-refractivity contribution in [1.82, 2.24) is 4.72 Å². The van der Waals surface area contributed by atoms with Gasteiger partial charge in [0.15, 0.2) is 0 Å². The molecule has 132 valence electrons. The minimum Gasteiger partial charge on any atom is -0.258 e.